The molecule has 1 aromatic carbocycles. The second-order valence-electron chi connectivity index (χ2n) is 8.93. The number of ether oxygens (including phenoxy) is 3. The van der Waals surface area contributed by atoms with Crippen molar-refractivity contribution in [3.63, 3.8) is 0 Å². The molecule has 0 bridgehead atoms. The zero-order valence-electron chi connectivity index (χ0n) is 22.3. The highest BCUT2D eigenvalue weighted by Gasteiger charge is 2.34. The maximum Gasteiger partial charge on any atom is 0.417 e. The summed E-state index contributed by atoms with van der Waals surface area (Å²) in [6.07, 6.45) is -2.56. The molecule has 0 spiro atoms. The Balaban J connectivity index is 1.43. The zero-order valence-corrected chi connectivity index (χ0v) is 23.1. The van der Waals surface area contributed by atoms with Crippen LogP contribution in [0, 0.1) is 5.92 Å². The van der Waals surface area contributed by atoms with Crippen molar-refractivity contribution < 1.29 is 36.6 Å². The lowest BCUT2D eigenvalue weighted by atomic mass is 10.00. The van der Waals surface area contributed by atoms with Crippen LogP contribution >= 0.6 is 11.8 Å². The van der Waals surface area contributed by atoms with Crippen molar-refractivity contribution in [2.75, 3.05) is 44.5 Å². The number of pyridine rings is 1. The molecule has 0 aliphatic heterocycles. The second kappa shape index (κ2) is 15.1. The van der Waals surface area contributed by atoms with Crippen LogP contribution in [0.3, 0.4) is 0 Å². The van der Waals surface area contributed by atoms with E-state index in [1.54, 1.807) is 11.8 Å². The van der Waals surface area contributed by atoms with Crippen molar-refractivity contribution in [1.29, 1.82) is 0 Å². The van der Waals surface area contributed by atoms with Gasteiger partial charge in [0.25, 0.3) is 5.56 Å². The molecule has 12 heteroatoms. The van der Waals surface area contributed by atoms with Crippen molar-refractivity contribution in [3.8, 4) is 11.1 Å². The molecule has 1 atom stereocenters. The van der Waals surface area contributed by atoms with Gasteiger partial charge in [-0.3, -0.25) is 9.59 Å². The highest BCUT2D eigenvalue weighted by atomic mass is 32.2. The van der Waals surface area contributed by atoms with E-state index in [2.05, 4.69) is 0 Å². The van der Waals surface area contributed by atoms with Gasteiger partial charge in [-0.25, -0.2) is 4.79 Å². The number of carbonyl (C=O) groups is 1. The highest BCUT2D eigenvalue weighted by molar-refractivity contribution is 7.99. The van der Waals surface area contributed by atoms with Crippen molar-refractivity contribution in [2.45, 2.75) is 33.0 Å². The lowest BCUT2D eigenvalue weighted by molar-refractivity contribution is -0.149. The first-order chi connectivity index (χ1) is 19.1. The van der Waals surface area contributed by atoms with E-state index >= 15 is 0 Å². The first kappa shape index (κ1) is 31.4. The number of carbonyl (C=O) groups excluding carboxylic acids is 1. The number of thioether (sulfide) groups is 1. The highest BCUT2D eigenvalue weighted by Crippen LogP contribution is 2.36. The van der Waals surface area contributed by atoms with Gasteiger partial charge in [0.05, 0.1) is 49.7 Å². The third-order valence-corrected chi connectivity index (χ3v) is 6.98. The Labute approximate surface area is 233 Å². The molecule has 0 saturated heterocycles. The first-order valence-corrected chi connectivity index (χ1v) is 14.0. The summed E-state index contributed by atoms with van der Waals surface area (Å²) < 4.78 is 63.0. The largest absolute Gasteiger partial charge is 0.463 e. The van der Waals surface area contributed by atoms with Crippen molar-refractivity contribution in [1.82, 2.24) is 4.57 Å². The van der Waals surface area contributed by atoms with E-state index in [1.807, 2.05) is 13.8 Å². The smallest absolute Gasteiger partial charge is 0.417 e. The predicted octanol–water partition coefficient (Wildman–Crippen LogP) is 5.00. The lowest BCUT2D eigenvalue weighted by Gasteiger charge is -2.12. The number of fused-ring (bicyclic) bond motifs is 1. The number of benzene rings is 1. The number of rotatable bonds is 15. The Bertz CT molecular complexity index is 1390. The van der Waals surface area contributed by atoms with Crippen LogP contribution in [0.15, 0.2) is 56.6 Å². The predicted molar refractivity (Wildman–Crippen MR) is 147 cm³/mol. The molecule has 0 radical (unpaired) electrons. The van der Waals surface area contributed by atoms with Crippen molar-refractivity contribution in [3.05, 3.63) is 68.9 Å². The Morgan fingerprint density at radius 2 is 1.70 bits per heavy atom. The number of halogens is 3. The van der Waals surface area contributed by atoms with Gasteiger partial charge in [-0.15, -0.1) is 0 Å². The maximum absolute atomic E-state index is 13.4. The van der Waals surface area contributed by atoms with E-state index in [0.29, 0.717) is 19.8 Å². The summed E-state index contributed by atoms with van der Waals surface area (Å²) in [5.41, 5.74) is -2.79. The minimum absolute atomic E-state index is 0.0861. The van der Waals surface area contributed by atoms with Crippen LogP contribution in [0.5, 0.6) is 0 Å². The second-order valence-corrected chi connectivity index (χ2v) is 10.2. The molecule has 3 aromatic rings. The van der Waals surface area contributed by atoms with Crippen molar-refractivity contribution in [2.24, 2.45) is 5.92 Å². The van der Waals surface area contributed by atoms with Gasteiger partial charge in [0.1, 0.15) is 6.61 Å². The molecule has 40 heavy (non-hydrogen) atoms. The number of hydrogen-bond acceptors (Lipinski definition) is 8. The third-order valence-electron chi connectivity index (χ3n) is 6.07. The standard InChI is InChI=1S/C28H32F3NO7S/c1-3-19(2)26(34)38-11-10-37-13-15-40-14-12-36-9-8-32-18-24-20(17-25(32)33)16-22(27(35)39-24)21-6-4-5-7-23(21)28(29,30)31/h4-7,16-19H,3,8-15H2,1-2H3. The van der Waals surface area contributed by atoms with Crippen LogP contribution in [0.25, 0.3) is 22.1 Å². The van der Waals surface area contributed by atoms with Gasteiger partial charge >= 0.3 is 17.8 Å². The Kier molecular flexibility index (Phi) is 11.8. The fourth-order valence-electron chi connectivity index (χ4n) is 3.68. The summed E-state index contributed by atoms with van der Waals surface area (Å²) in [4.78, 5) is 36.7. The average Bonchev–Trinajstić information content (AvgIpc) is 2.92. The fraction of sp³-hybridized carbons (Fsp3) is 0.464. The number of alkyl halides is 3. The molecule has 3 rings (SSSR count). The summed E-state index contributed by atoms with van der Waals surface area (Å²) in [6, 6.07) is 7.18. The lowest BCUT2D eigenvalue weighted by Crippen LogP contribution is -2.22. The summed E-state index contributed by atoms with van der Waals surface area (Å²) in [7, 11) is 0. The normalized spacial score (nSPS) is 12.5. The van der Waals surface area contributed by atoms with Gasteiger partial charge in [0.15, 0.2) is 5.58 Å². The number of esters is 1. The molecule has 0 N–H and O–H groups in total. The Hall–Kier alpha value is -3.09. The van der Waals surface area contributed by atoms with E-state index in [9.17, 15) is 27.6 Å². The van der Waals surface area contributed by atoms with Crippen LogP contribution in [-0.2, 0) is 31.7 Å². The Morgan fingerprint density at radius 3 is 2.40 bits per heavy atom. The van der Waals surface area contributed by atoms with Crippen LogP contribution in [-0.4, -0.2) is 55.1 Å². The van der Waals surface area contributed by atoms with Gasteiger partial charge < -0.3 is 23.2 Å². The number of aromatic nitrogens is 1. The van der Waals surface area contributed by atoms with E-state index in [1.165, 1.54) is 41.1 Å². The molecular weight excluding hydrogens is 551 g/mol. The first-order valence-electron chi connectivity index (χ1n) is 12.9. The van der Waals surface area contributed by atoms with Gasteiger partial charge in [0.2, 0.25) is 0 Å². The molecule has 0 aliphatic rings. The fourth-order valence-corrected chi connectivity index (χ4v) is 4.35. The Morgan fingerprint density at radius 1 is 1.00 bits per heavy atom. The molecule has 8 nitrogen and oxygen atoms in total. The molecular formula is C28H32F3NO7S. The summed E-state index contributed by atoms with van der Waals surface area (Å²) >= 11 is 1.63. The molecule has 2 heterocycles. The summed E-state index contributed by atoms with van der Waals surface area (Å²) in [5.74, 6) is 1.15. The molecule has 0 fully saturated rings. The van der Waals surface area contributed by atoms with Crippen molar-refractivity contribution >= 4 is 28.7 Å². The monoisotopic (exact) mass is 583 g/mol. The molecule has 0 amide bonds. The average molecular weight is 584 g/mol. The van der Waals surface area contributed by atoms with E-state index < -0.39 is 22.9 Å². The van der Waals surface area contributed by atoms with Crippen LogP contribution in [0.4, 0.5) is 13.2 Å². The number of hydrogen-bond donors (Lipinski definition) is 0. The molecule has 1 unspecified atom stereocenters. The quantitative estimate of drug-likeness (QED) is 0.182. The zero-order chi connectivity index (χ0) is 29.1. The van der Waals surface area contributed by atoms with Gasteiger partial charge in [-0.1, -0.05) is 32.0 Å². The third kappa shape index (κ3) is 8.97. The molecule has 218 valence electrons. The summed E-state index contributed by atoms with van der Waals surface area (Å²) in [5, 5.41) is 0.223. The van der Waals surface area contributed by atoms with Crippen LogP contribution in [0.1, 0.15) is 25.8 Å². The molecule has 2 aromatic heterocycles. The van der Waals surface area contributed by atoms with Crippen LogP contribution < -0.4 is 11.2 Å². The van der Waals surface area contributed by atoms with Gasteiger partial charge in [-0.05, 0) is 18.6 Å². The van der Waals surface area contributed by atoms with E-state index in [4.69, 9.17) is 18.6 Å². The SMILES string of the molecule is CCC(C)C(=O)OCCOCCSCCOCCn1cc2oc(=O)c(-c3ccccc3C(F)(F)F)cc2cc1=O. The van der Waals surface area contributed by atoms with Crippen LogP contribution in [0.2, 0.25) is 0 Å². The minimum atomic E-state index is -4.65. The van der Waals surface area contributed by atoms with E-state index in [0.717, 1.165) is 24.0 Å². The van der Waals surface area contributed by atoms with Gasteiger partial charge in [0, 0.05) is 35.1 Å². The molecule has 0 aliphatic carbocycles. The topological polar surface area (TPSA) is 97.0 Å². The molecule has 0 saturated carbocycles. The van der Waals surface area contributed by atoms with E-state index in [-0.39, 0.29) is 53.7 Å². The minimum Gasteiger partial charge on any atom is -0.463 e. The van der Waals surface area contributed by atoms with Gasteiger partial charge in [-0.2, -0.15) is 24.9 Å². The maximum atomic E-state index is 13.4. The summed E-state index contributed by atoms with van der Waals surface area (Å²) in [6.45, 7) is 5.76. The number of nitrogens with zero attached hydrogens (tertiary/aromatic N) is 1.